The van der Waals surface area contributed by atoms with Crippen LogP contribution in [0.15, 0.2) is 28.0 Å². The lowest BCUT2D eigenvalue weighted by atomic mass is 9.79. The maximum atomic E-state index is 12.9. The number of nitrogens with one attached hydrogen (secondary N) is 2. The molecule has 2 aromatic rings. The summed E-state index contributed by atoms with van der Waals surface area (Å²) >= 11 is 0. The number of piperidine rings is 2. The van der Waals surface area contributed by atoms with Crippen molar-refractivity contribution >= 4 is 11.8 Å². The molecule has 2 N–H and O–H groups in total. The van der Waals surface area contributed by atoms with Crippen molar-refractivity contribution in [3.63, 3.8) is 0 Å². The predicted octanol–water partition coefficient (Wildman–Crippen LogP) is -0.0118. The average molecular weight is 459 g/mol. The number of aromatic amines is 2. The number of H-pyrrole nitrogens is 2. The number of carbonyl (C=O) groups is 2. The molecule has 2 aliphatic heterocycles. The number of aromatic nitrogens is 4. The van der Waals surface area contributed by atoms with Crippen LogP contribution in [0.5, 0.6) is 5.75 Å². The standard InChI is InChI=1S/C22H30N6O5/c1-33-18-4-7-23-12-17(18)11-19(29)27-8-2-3-16(13-27)15-5-9-26(10-6-15)20(30)14-28-21(31)24-25-22(28)32/h4,7,12,15-16H,2-3,5-6,8-11,13-14H2,1H3,(H,24,31)(H,25,32). The Hall–Kier alpha value is -3.37. The van der Waals surface area contributed by atoms with Crippen LogP contribution < -0.4 is 16.1 Å². The van der Waals surface area contributed by atoms with Gasteiger partial charge in [0.2, 0.25) is 11.8 Å². The van der Waals surface area contributed by atoms with Gasteiger partial charge < -0.3 is 14.5 Å². The first-order valence-corrected chi connectivity index (χ1v) is 11.4. The van der Waals surface area contributed by atoms with Crippen molar-refractivity contribution < 1.29 is 14.3 Å². The highest BCUT2D eigenvalue weighted by Gasteiger charge is 2.33. The van der Waals surface area contributed by atoms with Gasteiger partial charge in [0.05, 0.1) is 13.5 Å². The number of methoxy groups -OCH3 is 1. The Morgan fingerprint density at radius 2 is 1.76 bits per heavy atom. The lowest BCUT2D eigenvalue weighted by Crippen LogP contribution is -2.47. The van der Waals surface area contributed by atoms with Crippen molar-refractivity contribution in [1.29, 1.82) is 0 Å². The normalized spacial score (nSPS) is 19.5. The van der Waals surface area contributed by atoms with Gasteiger partial charge in [0.1, 0.15) is 12.3 Å². The third kappa shape index (κ3) is 5.18. The third-order valence-corrected chi connectivity index (χ3v) is 6.85. The Labute approximate surface area is 190 Å². The number of pyridine rings is 1. The molecule has 0 aliphatic carbocycles. The van der Waals surface area contributed by atoms with Gasteiger partial charge >= 0.3 is 11.4 Å². The Morgan fingerprint density at radius 3 is 2.45 bits per heavy atom. The second kappa shape index (κ2) is 10.1. The molecule has 0 aromatic carbocycles. The number of hydrogen-bond acceptors (Lipinski definition) is 6. The Bertz CT molecular complexity index is 1070. The molecule has 2 saturated heterocycles. The van der Waals surface area contributed by atoms with Crippen molar-refractivity contribution in [2.75, 3.05) is 33.3 Å². The Kier molecular flexibility index (Phi) is 6.95. The van der Waals surface area contributed by atoms with Gasteiger partial charge in [-0.25, -0.2) is 24.4 Å². The fraction of sp³-hybridized carbons (Fsp3) is 0.591. The number of carbonyl (C=O) groups excluding carboxylic acids is 2. The van der Waals surface area contributed by atoms with Crippen molar-refractivity contribution in [1.82, 2.24) is 29.5 Å². The highest BCUT2D eigenvalue weighted by molar-refractivity contribution is 5.79. The van der Waals surface area contributed by atoms with E-state index >= 15 is 0 Å². The Balaban J connectivity index is 1.29. The van der Waals surface area contributed by atoms with E-state index < -0.39 is 11.4 Å². The van der Waals surface area contributed by atoms with E-state index in [0.717, 1.165) is 48.9 Å². The van der Waals surface area contributed by atoms with Gasteiger partial charge in [-0.15, -0.1) is 0 Å². The molecular formula is C22H30N6O5. The van der Waals surface area contributed by atoms with Crippen LogP contribution in [0.25, 0.3) is 0 Å². The summed E-state index contributed by atoms with van der Waals surface area (Å²) in [5.74, 6) is 1.38. The second-order valence-corrected chi connectivity index (χ2v) is 8.77. The van der Waals surface area contributed by atoms with Crippen molar-refractivity contribution in [2.24, 2.45) is 11.8 Å². The van der Waals surface area contributed by atoms with Crippen molar-refractivity contribution in [3.05, 3.63) is 45.0 Å². The van der Waals surface area contributed by atoms with E-state index in [2.05, 4.69) is 15.2 Å². The first kappa shape index (κ1) is 22.8. The maximum absolute atomic E-state index is 12.9. The zero-order valence-electron chi connectivity index (χ0n) is 18.8. The van der Waals surface area contributed by atoms with E-state index in [4.69, 9.17) is 4.74 Å². The summed E-state index contributed by atoms with van der Waals surface area (Å²) in [6.45, 7) is 2.42. The zero-order chi connectivity index (χ0) is 23.4. The molecule has 1 atom stereocenters. The minimum Gasteiger partial charge on any atom is -0.496 e. The van der Waals surface area contributed by atoms with Gasteiger partial charge in [-0.2, -0.15) is 0 Å². The van der Waals surface area contributed by atoms with Gasteiger partial charge in [0.15, 0.2) is 0 Å². The molecule has 11 heteroatoms. The summed E-state index contributed by atoms with van der Waals surface area (Å²) in [5.41, 5.74) is -0.433. The average Bonchev–Trinajstić information content (AvgIpc) is 3.16. The number of likely N-dealkylation sites (tertiary alicyclic amines) is 2. The minimum atomic E-state index is -0.612. The van der Waals surface area contributed by atoms with Gasteiger partial charge in [0, 0.05) is 44.1 Å². The molecule has 11 nitrogen and oxygen atoms in total. The first-order valence-electron chi connectivity index (χ1n) is 11.4. The summed E-state index contributed by atoms with van der Waals surface area (Å²) in [4.78, 5) is 56.5. The molecule has 4 rings (SSSR count). The lowest BCUT2D eigenvalue weighted by Gasteiger charge is -2.41. The number of amides is 2. The van der Waals surface area contributed by atoms with Crippen molar-refractivity contribution in [3.8, 4) is 5.75 Å². The van der Waals surface area contributed by atoms with Crippen LogP contribution >= 0.6 is 0 Å². The van der Waals surface area contributed by atoms with E-state index in [1.807, 2.05) is 4.90 Å². The zero-order valence-corrected chi connectivity index (χ0v) is 18.8. The lowest BCUT2D eigenvalue weighted by molar-refractivity contribution is -0.134. The fourth-order valence-corrected chi connectivity index (χ4v) is 4.98. The van der Waals surface area contributed by atoms with Gasteiger partial charge in [0.25, 0.3) is 0 Å². The molecule has 178 valence electrons. The first-order chi connectivity index (χ1) is 16.0. The van der Waals surface area contributed by atoms with E-state index in [9.17, 15) is 19.2 Å². The quantitative estimate of drug-likeness (QED) is 0.625. The molecule has 2 fully saturated rings. The highest BCUT2D eigenvalue weighted by Crippen LogP contribution is 2.32. The third-order valence-electron chi connectivity index (χ3n) is 6.85. The van der Waals surface area contributed by atoms with Gasteiger partial charge in [-0.3, -0.25) is 14.6 Å². The maximum Gasteiger partial charge on any atom is 0.344 e. The van der Waals surface area contributed by atoms with E-state index in [1.54, 1.807) is 30.5 Å². The van der Waals surface area contributed by atoms with E-state index in [0.29, 0.717) is 30.7 Å². The van der Waals surface area contributed by atoms with Crippen LogP contribution in [0.1, 0.15) is 31.2 Å². The molecule has 4 heterocycles. The second-order valence-electron chi connectivity index (χ2n) is 8.77. The fourth-order valence-electron chi connectivity index (χ4n) is 4.98. The molecule has 33 heavy (non-hydrogen) atoms. The van der Waals surface area contributed by atoms with Crippen LogP contribution in [0.2, 0.25) is 0 Å². The van der Waals surface area contributed by atoms with Crippen LogP contribution in [0.4, 0.5) is 0 Å². The highest BCUT2D eigenvalue weighted by atomic mass is 16.5. The number of nitrogens with zero attached hydrogens (tertiary/aromatic N) is 4. The summed E-state index contributed by atoms with van der Waals surface area (Å²) in [6.07, 6.45) is 7.36. The molecule has 1 unspecified atom stereocenters. The van der Waals surface area contributed by atoms with E-state index in [1.165, 1.54) is 0 Å². The number of rotatable bonds is 6. The van der Waals surface area contributed by atoms with Crippen LogP contribution in [0, 0.1) is 11.8 Å². The summed E-state index contributed by atoms with van der Waals surface area (Å²) < 4.78 is 6.21. The molecule has 0 saturated carbocycles. The van der Waals surface area contributed by atoms with E-state index in [-0.39, 0.29) is 24.8 Å². The summed E-state index contributed by atoms with van der Waals surface area (Å²) in [5, 5.41) is 4.37. The topological polar surface area (TPSA) is 133 Å². The molecule has 2 amide bonds. The van der Waals surface area contributed by atoms with Crippen LogP contribution in [0.3, 0.4) is 0 Å². The molecule has 0 spiro atoms. The molecule has 0 radical (unpaired) electrons. The molecular weight excluding hydrogens is 428 g/mol. The summed E-state index contributed by atoms with van der Waals surface area (Å²) in [6, 6.07) is 1.76. The van der Waals surface area contributed by atoms with Crippen LogP contribution in [-0.4, -0.2) is 74.7 Å². The smallest absolute Gasteiger partial charge is 0.344 e. The van der Waals surface area contributed by atoms with Crippen molar-refractivity contribution in [2.45, 2.75) is 38.6 Å². The monoisotopic (exact) mass is 458 g/mol. The number of ether oxygens (including phenoxy) is 1. The predicted molar refractivity (Wildman–Crippen MR) is 119 cm³/mol. The molecule has 2 aromatic heterocycles. The van der Waals surface area contributed by atoms with Crippen LogP contribution in [-0.2, 0) is 22.6 Å². The minimum absolute atomic E-state index is 0.0841. The SMILES string of the molecule is COc1ccncc1CC(=O)N1CCCC(C2CCN(C(=O)Cn3c(=O)[nH][nH]c3=O)CC2)C1. The summed E-state index contributed by atoms with van der Waals surface area (Å²) in [7, 11) is 1.59. The number of hydrogen-bond donors (Lipinski definition) is 2. The Morgan fingerprint density at radius 1 is 1.03 bits per heavy atom. The largest absolute Gasteiger partial charge is 0.496 e. The molecule has 0 bridgehead atoms. The molecule has 2 aliphatic rings. The van der Waals surface area contributed by atoms with Gasteiger partial charge in [-0.1, -0.05) is 0 Å². The van der Waals surface area contributed by atoms with Gasteiger partial charge in [-0.05, 0) is 43.6 Å².